The summed E-state index contributed by atoms with van der Waals surface area (Å²) in [6.45, 7) is 0.175. The van der Waals surface area contributed by atoms with E-state index in [0.29, 0.717) is 27.3 Å². The van der Waals surface area contributed by atoms with Gasteiger partial charge in [-0.05, 0) is 34.9 Å². The highest BCUT2D eigenvalue weighted by Crippen LogP contribution is 2.31. The van der Waals surface area contributed by atoms with Crippen LogP contribution >= 0.6 is 0 Å². The number of rotatable bonds is 7. The average Bonchev–Trinajstić information content (AvgIpc) is 2.84. The first-order valence-electron chi connectivity index (χ1n) is 10.3. The van der Waals surface area contributed by atoms with Gasteiger partial charge in [-0.3, -0.25) is 4.98 Å². The molecule has 0 fully saturated rings. The second-order valence-corrected chi connectivity index (χ2v) is 9.06. The molecule has 0 radical (unpaired) electrons. The zero-order valence-corrected chi connectivity index (χ0v) is 18.7. The molecule has 2 atom stereocenters. The van der Waals surface area contributed by atoms with E-state index in [-0.39, 0.29) is 12.4 Å². The van der Waals surface area contributed by atoms with Gasteiger partial charge in [-0.15, -0.1) is 0 Å². The Balaban J connectivity index is 1.60. The van der Waals surface area contributed by atoms with Crippen LogP contribution in [-0.2, 0) is 11.0 Å². The lowest BCUT2D eigenvalue weighted by Gasteiger charge is -2.21. The molecule has 0 saturated carbocycles. The highest BCUT2D eigenvalue weighted by molar-refractivity contribution is 7.82. The first-order valence-corrected chi connectivity index (χ1v) is 11.4. The summed E-state index contributed by atoms with van der Waals surface area (Å²) in [7, 11) is 0.113. The molecule has 8 heteroatoms. The molecule has 0 aliphatic heterocycles. The zero-order valence-electron chi connectivity index (χ0n) is 17.9. The fourth-order valence-electron chi connectivity index (χ4n) is 3.48. The number of aromatic nitrogens is 2. The SMILES string of the molecule is CN(CC(O)c1ccccc1)S(=O)c1ccccc1-c1ccc(-c2cnc(N)cn2)c(F)c1. The third-order valence-corrected chi connectivity index (χ3v) is 6.65. The van der Waals surface area contributed by atoms with Crippen molar-refractivity contribution in [3.05, 3.63) is 96.6 Å². The molecule has 33 heavy (non-hydrogen) atoms. The van der Waals surface area contributed by atoms with Crippen LogP contribution in [0, 0.1) is 5.82 Å². The van der Waals surface area contributed by atoms with Crippen LogP contribution in [0.15, 0.2) is 90.1 Å². The fraction of sp³-hybridized carbons (Fsp3) is 0.120. The van der Waals surface area contributed by atoms with Crippen LogP contribution in [0.5, 0.6) is 0 Å². The summed E-state index contributed by atoms with van der Waals surface area (Å²) in [5.74, 6) is -0.214. The van der Waals surface area contributed by atoms with Crippen molar-refractivity contribution >= 4 is 16.8 Å². The van der Waals surface area contributed by atoms with Crippen LogP contribution in [0.25, 0.3) is 22.4 Å². The molecular formula is C25H23FN4O2S. The Hall–Kier alpha value is -3.46. The Morgan fingerprint density at radius 3 is 2.42 bits per heavy atom. The van der Waals surface area contributed by atoms with Gasteiger partial charge in [0.1, 0.15) is 22.6 Å². The first kappa shape index (κ1) is 22.7. The number of benzene rings is 3. The van der Waals surface area contributed by atoms with Gasteiger partial charge in [-0.1, -0.05) is 54.6 Å². The number of nitrogens with zero attached hydrogens (tertiary/aromatic N) is 3. The Morgan fingerprint density at radius 1 is 1.00 bits per heavy atom. The van der Waals surface area contributed by atoms with E-state index in [4.69, 9.17) is 5.73 Å². The predicted octanol–water partition coefficient (Wildman–Crippen LogP) is 4.22. The molecule has 1 heterocycles. The van der Waals surface area contributed by atoms with E-state index in [1.54, 1.807) is 41.7 Å². The Labute approximate surface area is 194 Å². The smallest absolute Gasteiger partial charge is 0.141 e. The number of hydrogen-bond acceptors (Lipinski definition) is 5. The molecule has 0 bridgehead atoms. The molecule has 0 amide bonds. The highest BCUT2D eigenvalue weighted by atomic mass is 32.2. The van der Waals surface area contributed by atoms with Crippen molar-refractivity contribution in [2.24, 2.45) is 0 Å². The molecule has 4 aromatic rings. The number of nitrogen functional groups attached to an aromatic ring is 1. The lowest BCUT2D eigenvalue weighted by molar-refractivity contribution is 0.157. The van der Waals surface area contributed by atoms with Crippen LogP contribution in [0.3, 0.4) is 0 Å². The molecule has 0 spiro atoms. The number of nitrogens with two attached hydrogens (primary N) is 1. The van der Waals surface area contributed by atoms with Gasteiger partial charge in [0, 0.05) is 19.2 Å². The van der Waals surface area contributed by atoms with Gasteiger partial charge in [-0.25, -0.2) is 17.9 Å². The summed E-state index contributed by atoms with van der Waals surface area (Å²) < 4.78 is 29.8. The van der Waals surface area contributed by atoms with Crippen molar-refractivity contribution in [2.45, 2.75) is 11.0 Å². The fourth-order valence-corrected chi connectivity index (χ4v) is 4.67. The van der Waals surface area contributed by atoms with E-state index in [9.17, 15) is 13.7 Å². The summed E-state index contributed by atoms with van der Waals surface area (Å²) >= 11 is 0. The molecule has 0 aliphatic rings. The number of aliphatic hydroxyl groups is 1. The second kappa shape index (κ2) is 9.99. The molecule has 3 aromatic carbocycles. The highest BCUT2D eigenvalue weighted by Gasteiger charge is 2.20. The van der Waals surface area contributed by atoms with E-state index in [1.807, 2.05) is 36.4 Å². The third-order valence-electron chi connectivity index (χ3n) is 5.20. The van der Waals surface area contributed by atoms with E-state index < -0.39 is 22.9 Å². The Bertz CT molecular complexity index is 1270. The number of anilines is 1. The van der Waals surface area contributed by atoms with Crippen LogP contribution in [0.1, 0.15) is 11.7 Å². The minimum Gasteiger partial charge on any atom is -0.387 e. The second-order valence-electron chi connectivity index (χ2n) is 7.50. The third kappa shape index (κ3) is 5.14. The summed E-state index contributed by atoms with van der Waals surface area (Å²) in [5.41, 5.74) is 8.21. The van der Waals surface area contributed by atoms with Crippen molar-refractivity contribution in [3.8, 4) is 22.4 Å². The summed E-state index contributed by atoms with van der Waals surface area (Å²) in [6, 6.07) is 21.1. The monoisotopic (exact) mass is 462 g/mol. The molecule has 168 valence electrons. The maximum absolute atomic E-state index is 15.0. The average molecular weight is 463 g/mol. The van der Waals surface area contributed by atoms with Crippen LogP contribution < -0.4 is 5.73 Å². The number of aliphatic hydroxyl groups excluding tert-OH is 1. The Kier molecular flexibility index (Phi) is 6.88. The van der Waals surface area contributed by atoms with Crippen LogP contribution in [0.4, 0.5) is 10.2 Å². The van der Waals surface area contributed by atoms with Gasteiger partial charge < -0.3 is 10.8 Å². The van der Waals surface area contributed by atoms with E-state index in [0.717, 1.165) is 5.56 Å². The number of likely N-dealkylation sites (N-methyl/N-ethyl adjacent to an activating group) is 1. The van der Waals surface area contributed by atoms with Crippen molar-refractivity contribution in [1.82, 2.24) is 14.3 Å². The molecule has 6 nitrogen and oxygen atoms in total. The maximum Gasteiger partial charge on any atom is 0.141 e. The quantitative estimate of drug-likeness (QED) is 0.429. The van der Waals surface area contributed by atoms with Crippen LogP contribution in [0.2, 0.25) is 0 Å². The zero-order chi connectivity index (χ0) is 23.4. The van der Waals surface area contributed by atoms with E-state index in [1.165, 1.54) is 18.5 Å². The minimum absolute atomic E-state index is 0.175. The predicted molar refractivity (Wildman–Crippen MR) is 128 cm³/mol. The minimum atomic E-state index is -1.57. The maximum atomic E-state index is 15.0. The molecule has 3 N–H and O–H groups in total. The molecule has 0 saturated heterocycles. The summed E-state index contributed by atoms with van der Waals surface area (Å²) in [4.78, 5) is 8.62. The van der Waals surface area contributed by atoms with Crippen molar-refractivity contribution in [1.29, 1.82) is 0 Å². The first-order chi connectivity index (χ1) is 15.9. The van der Waals surface area contributed by atoms with Crippen molar-refractivity contribution in [2.75, 3.05) is 19.3 Å². The molecule has 1 aromatic heterocycles. The van der Waals surface area contributed by atoms with Crippen molar-refractivity contribution in [3.63, 3.8) is 0 Å². The normalized spacial score (nSPS) is 13.1. The topological polar surface area (TPSA) is 92.3 Å². The number of hydrogen-bond donors (Lipinski definition) is 2. The lowest BCUT2D eigenvalue weighted by atomic mass is 10.0. The van der Waals surface area contributed by atoms with Gasteiger partial charge >= 0.3 is 0 Å². The van der Waals surface area contributed by atoms with Gasteiger partial charge in [0.25, 0.3) is 0 Å². The largest absolute Gasteiger partial charge is 0.387 e. The van der Waals surface area contributed by atoms with E-state index in [2.05, 4.69) is 9.97 Å². The van der Waals surface area contributed by atoms with Crippen LogP contribution in [-0.4, -0.2) is 37.2 Å². The molecule has 4 rings (SSSR count). The number of halogens is 1. The standard InChI is InChI=1S/C25H23FN4O2S/c1-30(16-23(31)17-7-3-2-4-8-17)33(32)24-10-6-5-9-19(24)18-11-12-20(21(26)13-18)22-14-29-25(27)15-28-22/h2-15,23,31H,16H2,1H3,(H2,27,29). The van der Waals surface area contributed by atoms with E-state index >= 15 is 0 Å². The molecule has 0 aliphatic carbocycles. The van der Waals surface area contributed by atoms with Gasteiger partial charge in [-0.2, -0.15) is 0 Å². The van der Waals surface area contributed by atoms with Crippen molar-refractivity contribution < 1.29 is 13.7 Å². The van der Waals surface area contributed by atoms with Gasteiger partial charge in [0.2, 0.25) is 0 Å². The lowest BCUT2D eigenvalue weighted by Crippen LogP contribution is -2.27. The Morgan fingerprint density at radius 2 is 1.73 bits per heavy atom. The van der Waals surface area contributed by atoms with Gasteiger partial charge in [0.05, 0.1) is 29.1 Å². The molecular weight excluding hydrogens is 439 g/mol. The summed E-state index contributed by atoms with van der Waals surface area (Å²) in [6.07, 6.45) is 2.01. The molecule has 2 unspecified atom stereocenters. The summed E-state index contributed by atoms with van der Waals surface area (Å²) in [5, 5.41) is 10.5. The van der Waals surface area contributed by atoms with Gasteiger partial charge in [0.15, 0.2) is 0 Å².